The van der Waals surface area contributed by atoms with Crippen molar-refractivity contribution in [3.8, 4) is 6.07 Å². The van der Waals surface area contributed by atoms with Crippen LogP contribution in [0.15, 0.2) is 30.9 Å². The standard InChI is InChI=1S/C13H15FN2O/c1-2-3-7-17-8-6-16-12-5-4-11(10-15)13(14)9-12/h2,4-5,9,16H,1,3,6-8H2. The van der Waals surface area contributed by atoms with E-state index < -0.39 is 5.82 Å². The maximum Gasteiger partial charge on any atom is 0.143 e. The lowest BCUT2D eigenvalue weighted by molar-refractivity contribution is 0.149. The van der Waals surface area contributed by atoms with Crippen LogP contribution >= 0.6 is 0 Å². The topological polar surface area (TPSA) is 45.0 Å². The van der Waals surface area contributed by atoms with Gasteiger partial charge in [0.15, 0.2) is 0 Å². The lowest BCUT2D eigenvalue weighted by atomic mass is 10.2. The van der Waals surface area contributed by atoms with Crippen LogP contribution in [0, 0.1) is 17.1 Å². The smallest absolute Gasteiger partial charge is 0.143 e. The molecule has 17 heavy (non-hydrogen) atoms. The number of nitrogens with one attached hydrogen (secondary N) is 1. The number of anilines is 1. The highest BCUT2D eigenvalue weighted by Crippen LogP contribution is 2.13. The molecule has 0 saturated carbocycles. The van der Waals surface area contributed by atoms with Gasteiger partial charge in [-0.3, -0.25) is 0 Å². The molecule has 3 nitrogen and oxygen atoms in total. The predicted molar refractivity (Wildman–Crippen MR) is 65.2 cm³/mol. The quantitative estimate of drug-likeness (QED) is 0.582. The van der Waals surface area contributed by atoms with E-state index in [9.17, 15) is 4.39 Å². The number of halogens is 1. The summed E-state index contributed by atoms with van der Waals surface area (Å²) < 4.78 is 18.5. The van der Waals surface area contributed by atoms with Crippen LogP contribution in [0.25, 0.3) is 0 Å². The van der Waals surface area contributed by atoms with Gasteiger partial charge in [-0.1, -0.05) is 6.08 Å². The number of hydrogen-bond acceptors (Lipinski definition) is 3. The lowest BCUT2D eigenvalue weighted by Gasteiger charge is -2.07. The van der Waals surface area contributed by atoms with E-state index in [2.05, 4.69) is 11.9 Å². The zero-order valence-electron chi connectivity index (χ0n) is 9.58. The van der Waals surface area contributed by atoms with Gasteiger partial charge in [0.25, 0.3) is 0 Å². The zero-order valence-corrected chi connectivity index (χ0v) is 9.58. The molecule has 0 heterocycles. The van der Waals surface area contributed by atoms with Crippen molar-refractivity contribution in [1.29, 1.82) is 5.26 Å². The van der Waals surface area contributed by atoms with E-state index in [1.807, 2.05) is 0 Å². The van der Waals surface area contributed by atoms with Crippen LogP contribution in [-0.4, -0.2) is 19.8 Å². The van der Waals surface area contributed by atoms with Crippen LogP contribution in [0.1, 0.15) is 12.0 Å². The molecule has 0 saturated heterocycles. The minimum atomic E-state index is -0.509. The third-order valence-corrected chi connectivity index (χ3v) is 2.13. The van der Waals surface area contributed by atoms with Crippen molar-refractivity contribution in [2.24, 2.45) is 0 Å². The summed E-state index contributed by atoms with van der Waals surface area (Å²) in [6, 6.07) is 6.21. The number of hydrogen-bond donors (Lipinski definition) is 1. The molecule has 0 fully saturated rings. The average molecular weight is 234 g/mol. The summed E-state index contributed by atoms with van der Waals surface area (Å²) in [6.45, 7) is 5.38. The van der Waals surface area contributed by atoms with E-state index in [0.717, 1.165) is 6.42 Å². The van der Waals surface area contributed by atoms with Crippen LogP contribution in [0.2, 0.25) is 0 Å². The second-order valence-electron chi connectivity index (χ2n) is 3.42. The molecule has 1 aromatic rings. The molecule has 0 spiro atoms. The molecule has 0 aliphatic carbocycles. The molecule has 0 amide bonds. The first-order chi connectivity index (χ1) is 8.27. The van der Waals surface area contributed by atoms with Gasteiger partial charge in [-0.2, -0.15) is 5.26 Å². The fraction of sp³-hybridized carbons (Fsp3) is 0.308. The molecule has 0 atom stereocenters. The van der Waals surface area contributed by atoms with Gasteiger partial charge in [0.05, 0.1) is 18.8 Å². The second-order valence-corrected chi connectivity index (χ2v) is 3.42. The molecule has 0 aliphatic heterocycles. The molecule has 1 N–H and O–H groups in total. The van der Waals surface area contributed by atoms with Crippen molar-refractivity contribution >= 4 is 5.69 Å². The fourth-order valence-electron chi connectivity index (χ4n) is 1.25. The Morgan fingerprint density at radius 1 is 1.47 bits per heavy atom. The van der Waals surface area contributed by atoms with Gasteiger partial charge >= 0.3 is 0 Å². The van der Waals surface area contributed by atoms with Gasteiger partial charge in [-0.15, -0.1) is 6.58 Å². The summed E-state index contributed by atoms with van der Waals surface area (Å²) in [5.41, 5.74) is 0.701. The largest absolute Gasteiger partial charge is 0.383 e. The van der Waals surface area contributed by atoms with E-state index in [0.29, 0.717) is 25.4 Å². The molecular weight excluding hydrogens is 219 g/mol. The maximum absolute atomic E-state index is 13.2. The Bertz CT molecular complexity index is 412. The highest BCUT2D eigenvalue weighted by Gasteiger charge is 2.01. The first kappa shape index (κ1) is 13.2. The Kier molecular flexibility index (Phi) is 5.76. The number of nitriles is 1. The lowest BCUT2D eigenvalue weighted by Crippen LogP contribution is -2.10. The van der Waals surface area contributed by atoms with Crippen LogP contribution in [-0.2, 0) is 4.74 Å². The summed E-state index contributed by atoms with van der Waals surface area (Å²) in [7, 11) is 0. The fourth-order valence-corrected chi connectivity index (χ4v) is 1.25. The Labute approximate surface area is 101 Å². The van der Waals surface area contributed by atoms with Crippen LogP contribution in [0.4, 0.5) is 10.1 Å². The van der Waals surface area contributed by atoms with E-state index in [-0.39, 0.29) is 5.56 Å². The van der Waals surface area contributed by atoms with E-state index in [1.54, 1.807) is 18.2 Å². The maximum atomic E-state index is 13.2. The third-order valence-electron chi connectivity index (χ3n) is 2.13. The van der Waals surface area contributed by atoms with Crippen LogP contribution in [0.5, 0.6) is 0 Å². The summed E-state index contributed by atoms with van der Waals surface area (Å²) >= 11 is 0. The Balaban J connectivity index is 2.30. The normalized spacial score (nSPS) is 9.65. The van der Waals surface area contributed by atoms with E-state index in [4.69, 9.17) is 10.00 Å². The van der Waals surface area contributed by atoms with E-state index >= 15 is 0 Å². The van der Waals surface area contributed by atoms with Gasteiger partial charge in [-0.05, 0) is 24.6 Å². The van der Waals surface area contributed by atoms with Crippen molar-refractivity contribution < 1.29 is 9.13 Å². The molecule has 90 valence electrons. The van der Waals surface area contributed by atoms with E-state index in [1.165, 1.54) is 12.1 Å². The Morgan fingerprint density at radius 3 is 2.94 bits per heavy atom. The second kappa shape index (κ2) is 7.42. The predicted octanol–water partition coefficient (Wildman–Crippen LogP) is 2.70. The van der Waals surface area contributed by atoms with Crippen molar-refractivity contribution in [3.63, 3.8) is 0 Å². The summed E-state index contributed by atoms with van der Waals surface area (Å²) in [6.07, 6.45) is 2.62. The van der Waals surface area contributed by atoms with Gasteiger partial charge in [0.1, 0.15) is 11.9 Å². The first-order valence-corrected chi connectivity index (χ1v) is 5.40. The van der Waals surface area contributed by atoms with Crippen molar-refractivity contribution in [3.05, 3.63) is 42.2 Å². The number of ether oxygens (including phenoxy) is 1. The molecular formula is C13H15FN2O. The monoisotopic (exact) mass is 234 g/mol. The first-order valence-electron chi connectivity index (χ1n) is 5.40. The van der Waals surface area contributed by atoms with Gasteiger partial charge in [-0.25, -0.2) is 4.39 Å². The molecule has 0 bridgehead atoms. The Morgan fingerprint density at radius 2 is 2.29 bits per heavy atom. The number of benzene rings is 1. The minimum absolute atomic E-state index is 0.0535. The van der Waals surface area contributed by atoms with Crippen LogP contribution in [0.3, 0.4) is 0 Å². The molecule has 0 unspecified atom stereocenters. The molecule has 0 aliphatic rings. The number of nitrogens with zero attached hydrogens (tertiary/aromatic N) is 1. The average Bonchev–Trinajstić information content (AvgIpc) is 2.34. The third kappa shape index (κ3) is 4.66. The molecule has 1 aromatic carbocycles. The molecule has 0 radical (unpaired) electrons. The van der Waals surface area contributed by atoms with Gasteiger partial charge in [0, 0.05) is 12.2 Å². The summed E-state index contributed by atoms with van der Waals surface area (Å²) in [5, 5.41) is 11.6. The van der Waals surface area contributed by atoms with Crippen molar-refractivity contribution in [1.82, 2.24) is 0 Å². The zero-order chi connectivity index (χ0) is 12.5. The highest BCUT2D eigenvalue weighted by molar-refractivity contribution is 5.48. The van der Waals surface area contributed by atoms with Gasteiger partial charge < -0.3 is 10.1 Å². The molecule has 1 rings (SSSR count). The minimum Gasteiger partial charge on any atom is -0.383 e. The van der Waals surface area contributed by atoms with Crippen molar-refractivity contribution in [2.45, 2.75) is 6.42 Å². The Hall–Kier alpha value is -1.86. The number of rotatable bonds is 7. The summed E-state index contributed by atoms with van der Waals surface area (Å²) in [5.74, 6) is -0.509. The van der Waals surface area contributed by atoms with Crippen LogP contribution < -0.4 is 5.32 Å². The highest BCUT2D eigenvalue weighted by atomic mass is 19.1. The van der Waals surface area contributed by atoms with Crippen molar-refractivity contribution in [2.75, 3.05) is 25.1 Å². The molecule has 4 heteroatoms. The summed E-state index contributed by atoms with van der Waals surface area (Å²) in [4.78, 5) is 0. The SMILES string of the molecule is C=CCCOCCNc1ccc(C#N)c(F)c1. The van der Waals surface area contributed by atoms with Gasteiger partial charge in [0.2, 0.25) is 0 Å². The molecule has 0 aromatic heterocycles.